The monoisotopic (exact) mass is 438 g/mol. The molecule has 1 amide bonds. The first kappa shape index (κ1) is 24.7. The Bertz CT molecular complexity index is 631. The summed E-state index contributed by atoms with van der Waals surface area (Å²) in [6.45, 7) is 3.00. The number of amides is 1. The van der Waals surface area contributed by atoms with E-state index in [1.807, 2.05) is 12.1 Å². The number of rotatable bonds is 14. The summed E-state index contributed by atoms with van der Waals surface area (Å²) < 4.78 is 16.3. The van der Waals surface area contributed by atoms with Crippen LogP contribution in [0.2, 0.25) is 0 Å². The highest BCUT2D eigenvalue weighted by Crippen LogP contribution is 2.43. The molecule has 1 heterocycles. The van der Waals surface area contributed by atoms with Crippen LogP contribution in [0.4, 0.5) is 0 Å². The maximum Gasteiger partial charge on any atom is 0.238 e. The van der Waals surface area contributed by atoms with Crippen molar-refractivity contribution in [2.24, 2.45) is 0 Å². The van der Waals surface area contributed by atoms with E-state index in [0.717, 1.165) is 24.3 Å². The number of methoxy groups -OCH3 is 3. The quantitative estimate of drug-likeness (QED) is 0.411. The number of thioether (sulfide) groups is 1. The van der Waals surface area contributed by atoms with E-state index in [9.17, 15) is 4.79 Å². The van der Waals surface area contributed by atoms with Gasteiger partial charge < -0.3 is 19.5 Å². The number of carbonyl (C=O) groups excluding carboxylic acids is 1. The van der Waals surface area contributed by atoms with E-state index in [1.165, 1.54) is 44.9 Å². The van der Waals surface area contributed by atoms with Crippen LogP contribution in [0.25, 0.3) is 0 Å². The third-order valence-corrected chi connectivity index (χ3v) is 6.69. The number of ether oxygens (including phenoxy) is 3. The van der Waals surface area contributed by atoms with Crippen LogP contribution in [0.1, 0.15) is 69.2 Å². The highest BCUT2D eigenvalue weighted by Gasteiger charge is 2.31. The Morgan fingerprint density at radius 3 is 2.17 bits per heavy atom. The first-order valence-corrected chi connectivity index (χ1v) is 12.1. The molecule has 0 saturated carbocycles. The Morgan fingerprint density at radius 1 is 1.00 bits per heavy atom. The number of hydrogen-bond acceptors (Lipinski definition) is 6. The minimum atomic E-state index is -0.187. The molecule has 0 bridgehead atoms. The largest absolute Gasteiger partial charge is 0.493 e. The smallest absolute Gasteiger partial charge is 0.238 e. The van der Waals surface area contributed by atoms with Gasteiger partial charge in [0.1, 0.15) is 0 Å². The summed E-state index contributed by atoms with van der Waals surface area (Å²) in [7, 11) is 4.81. The lowest BCUT2D eigenvalue weighted by molar-refractivity contribution is -0.122. The fourth-order valence-electron chi connectivity index (χ4n) is 3.66. The van der Waals surface area contributed by atoms with Crippen LogP contribution < -0.4 is 24.8 Å². The first-order valence-electron chi connectivity index (χ1n) is 11.1. The topological polar surface area (TPSA) is 68.8 Å². The average Bonchev–Trinajstić information content (AvgIpc) is 3.27. The highest BCUT2D eigenvalue weighted by molar-refractivity contribution is 7.99. The van der Waals surface area contributed by atoms with Crippen molar-refractivity contribution in [3.63, 3.8) is 0 Å². The number of carbonyl (C=O) groups is 1. The zero-order valence-electron chi connectivity index (χ0n) is 18.9. The molecule has 1 aromatic rings. The molecule has 0 aromatic heterocycles. The van der Waals surface area contributed by atoms with Gasteiger partial charge in [-0.05, 0) is 24.1 Å². The van der Waals surface area contributed by atoms with Crippen LogP contribution >= 0.6 is 11.8 Å². The second-order valence-corrected chi connectivity index (χ2v) is 8.80. The summed E-state index contributed by atoms with van der Waals surface area (Å²) in [5.41, 5.74) is 1.01. The second kappa shape index (κ2) is 13.7. The molecule has 30 heavy (non-hydrogen) atoms. The summed E-state index contributed by atoms with van der Waals surface area (Å²) in [6, 6.07) is 3.69. The van der Waals surface area contributed by atoms with Crippen LogP contribution in [0.3, 0.4) is 0 Å². The fraction of sp³-hybridized carbons (Fsp3) is 0.696. The SMILES string of the molecule is CCCCCCCCCCNC(=O)C1CSC(c2cc(OC)c(OC)c(OC)c2)N1. The molecule has 170 valence electrons. The molecule has 2 rings (SSSR count). The predicted octanol–water partition coefficient (Wildman–Crippen LogP) is 4.67. The van der Waals surface area contributed by atoms with Gasteiger partial charge in [-0.15, -0.1) is 11.8 Å². The summed E-state index contributed by atoms with van der Waals surface area (Å²) >= 11 is 1.72. The fourth-order valence-corrected chi connectivity index (χ4v) is 4.88. The molecular formula is C23H38N2O4S. The van der Waals surface area contributed by atoms with Gasteiger partial charge in [-0.25, -0.2) is 0 Å². The van der Waals surface area contributed by atoms with E-state index >= 15 is 0 Å². The lowest BCUT2D eigenvalue weighted by Gasteiger charge is -2.18. The molecule has 1 aliphatic rings. The molecule has 6 nitrogen and oxygen atoms in total. The van der Waals surface area contributed by atoms with Crippen molar-refractivity contribution in [3.05, 3.63) is 17.7 Å². The number of hydrogen-bond donors (Lipinski definition) is 2. The summed E-state index contributed by atoms with van der Waals surface area (Å²) in [4.78, 5) is 12.5. The van der Waals surface area contributed by atoms with Gasteiger partial charge in [-0.2, -0.15) is 0 Å². The van der Waals surface area contributed by atoms with E-state index in [0.29, 0.717) is 17.2 Å². The van der Waals surface area contributed by atoms with E-state index in [-0.39, 0.29) is 17.3 Å². The van der Waals surface area contributed by atoms with Crippen molar-refractivity contribution in [3.8, 4) is 17.2 Å². The van der Waals surface area contributed by atoms with E-state index in [4.69, 9.17) is 14.2 Å². The number of benzene rings is 1. The molecule has 1 aliphatic heterocycles. The van der Waals surface area contributed by atoms with Crippen molar-refractivity contribution in [2.45, 2.75) is 69.7 Å². The molecule has 0 aliphatic carbocycles. The lowest BCUT2D eigenvalue weighted by Crippen LogP contribution is -2.42. The van der Waals surface area contributed by atoms with Crippen LogP contribution in [-0.4, -0.2) is 45.6 Å². The van der Waals surface area contributed by atoms with Crippen molar-refractivity contribution >= 4 is 17.7 Å². The molecule has 1 saturated heterocycles. The Kier molecular flexibility index (Phi) is 11.2. The number of nitrogens with one attached hydrogen (secondary N) is 2. The summed E-state index contributed by atoms with van der Waals surface area (Å²) in [5.74, 6) is 2.64. The van der Waals surface area contributed by atoms with Gasteiger partial charge in [0.15, 0.2) is 11.5 Å². The van der Waals surface area contributed by atoms with Gasteiger partial charge in [0.2, 0.25) is 11.7 Å². The Hall–Kier alpha value is -1.60. The lowest BCUT2D eigenvalue weighted by atomic mass is 10.1. The summed E-state index contributed by atoms with van der Waals surface area (Å²) in [6.07, 6.45) is 10.1. The van der Waals surface area contributed by atoms with Crippen LogP contribution in [-0.2, 0) is 4.79 Å². The molecule has 2 N–H and O–H groups in total. The van der Waals surface area contributed by atoms with Gasteiger partial charge in [-0.1, -0.05) is 51.9 Å². The molecule has 2 unspecified atom stereocenters. The molecule has 2 atom stereocenters. The zero-order valence-corrected chi connectivity index (χ0v) is 19.7. The summed E-state index contributed by atoms with van der Waals surface area (Å²) in [5, 5.41) is 6.53. The minimum absolute atomic E-state index is 0.0116. The van der Waals surface area contributed by atoms with Gasteiger partial charge in [0.25, 0.3) is 0 Å². The van der Waals surface area contributed by atoms with Gasteiger partial charge >= 0.3 is 0 Å². The van der Waals surface area contributed by atoms with Crippen LogP contribution in [0.15, 0.2) is 12.1 Å². The van der Waals surface area contributed by atoms with Crippen LogP contribution in [0.5, 0.6) is 17.2 Å². The van der Waals surface area contributed by atoms with Crippen molar-refractivity contribution in [1.82, 2.24) is 10.6 Å². The normalized spacial score (nSPS) is 18.3. The third-order valence-electron chi connectivity index (χ3n) is 5.42. The average molecular weight is 439 g/mol. The van der Waals surface area contributed by atoms with Crippen molar-refractivity contribution < 1.29 is 19.0 Å². The van der Waals surface area contributed by atoms with E-state index < -0.39 is 0 Å². The van der Waals surface area contributed by atoms with Crippen molar-refractivity contribution in [2.75, 3.05) is 33.6 Å². The Labute approximate surface area is 185 Å². The number of unbranched alkanes of at least 4 members (excludes halogenated alkanes) is 7. The Balaban J connectivity index is 1.75. The third kappa shape index (κ3) is 7.27. The Morgan fingerprint density at radius 2 is 1.60 bits per heavy atom. The minimum Gasteiger partial charge on any atom is -0.493 e. The van der Waals surface area contributed by atoms with E-state index in [2.05, 4.69) is 17.6 Å². The molecule has 1 fully saturated rings. The molecular weight excluding hydrogens is 400 g/mol. The van der Waals surface area contributed by atoms with Crippen molar-refractivity contribution in [1.29, 1.82) is 0 Å². The molecule has 1 aromatic carbocycles. The predicted molar refractivity (Wildman–Crippen MR) is 124 cm³/mol. The molecule has 0 spiro atoms. The van der Waals surface area contributed by atoms with E-state index in [1.54, 1.807) is 33.1 Å². The first-order chi connectivity index (χ1) is 14.6. The van der Waals surface area contributed by atoms with Gasteiger partial charge in [-0.3, -0.25) is 10.1 Å². The standard InChI is InChI=1S/C23H38N2O4S/c1-5-6-7-8-9-10-11-12-13-24-22(26)18-16-30-23(25-18)17-14-19(27-2)21(29-4)20(15-17)28-3/h14-15,18,23,25H,5-13,16H2,1-4H3,(H,24,26). The highest BCUT2D eigenvalue weighted by atomic mass is 32.2. The molecule has 7 heteroatoms. The maximum absolute atomic E-state index is 12.5. The van der Waals surface area contributed by atoms with Gasteiger partial charge in [0, 0.05) is 12.3 Å². The maximum atomic E-state index is 12.5. The van der Waals surface area contributed by atoms with Crippen LogP contribution in [0, 0.1) is 0 Å². The van der Waals surface area contributed by atoms with Gasteiger partial charge in [0.05, 0.1) is 32.7 Å². The second-order valence-electron chi connectivity index (χ2n) is 7.66. The molecule has 0 radical (unpaired) electrons. The zero-order chi connectivity index (χ0) is 21.8.